The Bertz CT molecular complexity index is 356. The minimum Gasteiger partial charge on any atom is -0.368 e. The molecule has 0 atom stereocenters. The molecule has 0 unspecified atom stereocenters. The van der Waals surface area contributed by atoms with E-state index < -0.39 is 0 Å². The van der Waals surface area contributed by atoms with Gasteiger partial charge in [0.25, 0.3) is 0 Å². The van der Waals surface area contributed by atoms with Gasteiger partial charge in [0.15, 0.2) is 0 Å². The summed E-state index contributed by atoms with van der Waals surface area (Å²) in [6, 6.07) is 0. The molecule has 0 aliphatic carbocycles. The van der Waals surface area contributed by atoms with E-state index in [1.165, 1.54) is 0 Å². The van der Waals surface area contributed by atoms with Gasteiger partial charge in [-0.25, -0.2) is 4.98 Å². The number of hydrogen-bond donors (Lipinski definition) is 1. The van der Waals surface area contributed by atoms with Crippen molar-refractivity contribution in [3.8, 4) is 0 Å². The highest BCUT2D eigenvalue weighted by Crippen LogP contribution is 2.23. The molecule has 0 spiro atoms. The highest BCUT2D eigenvalue weighted by atomic mass is 79.9. The average Bonchev–Trinajstić information content (AvgIpc) is 2.27. The van der Waals surface area contributed by atoms with Crippen LogP contribution in [0.1, 0.15) is 13.3 Å². The van der Waals surface area contributed by atoms with Gasteiger partial charge in [-0.2, -0.15) is 4.98 Å². The van der Waals surface area contributed by atoms with Crippen molar-refractivity contribution in [3.05, 3.63) is 10.7 Å². The fourth-order valence-electron chi connectivity index (χ4n) is 1.51. The van der Waals surface area contributed by atoms with Crippen LogP contribution < -0.4 is 10.6 Å². The van der Waals surface area contributed by atoms with E-state index in [-0.39, 0.29) is 0 Å². The van der Waals surface area contributed by atoms with Gasteiger partial charge in [0.1, 0.15) is 5.82 Å². The van der Waals surface area contributed by atoms with Gasteiger partial charge in [0.05, 0.1) is 4.47 Å². The third-order valence-electron chi connectivity index (χ3n) is 2.35. The molecule has 0 bridgehead atoms. The first-order valence-electron chi connectivity index (χ1n) is 5.72. The lowest BCUT2D eigenvalue weighted by atomic mass is 10.3. The molecule has 0 aromatic carbocycles. The number of likely N-dealkylation sites (N-methyl/N-ethyl adjacent to an activating group) is 1. The molecule has 5 nitrogen and oxygen atoms in total. The van der Waals surface area contributed by atoms with Crippen LogP contribution in [0.15, 0.2) is 10.7 Å². The highest BCUT2D eigenvalue weighted by molar-refractivity contribution is 9.10. The Morgan fingerprint density at radius 3 is 2.59 bits per heavy atom. The zero-order valence-corrected chi connectivity index (χ0v) is 12.2. The van der Waals surface area contributed by atoms with Crippen molar-refractivity contribution in [2.45, 2.75) is 13.3 Å². The summed E-state index contributed by atoms with van der Waals surface area (Å²) in [7, 11) is 4.13. The molecule has 0 amide bonds. The number of halogens is 1. The maximum Gasteiger partial charge on any atom is 0.222 e. The summed E-state index contributed by atoms with van der Waals surface area (Å²) < 4.78 is 0.888. The Labute approximate surface area is 111 Å². The summed E-state index contributed by atoms with van der Waals surface area (Å²) >= 11 is 3.47. The molecule has 1 aromatic heterocycles. The summed E-state index contributed by atoms with van der Waals surface area (Å²) in [6.07, 6.45) is 2.78. The second kappa shape index (κ2) is 6.76. The van der Waals surface area contributed by atoms with Crippen LogP contribution in [0, 0.1) is 0 Å². The van der Waals surface area contributed by atoms with E-state index in [4.69, 9.17) is 5.73 Å². The number of anilines is 2. The Morgan fingerprint density at radius 1 is 1.29 bits per heavy atom. The van der Waals surface area contributed by atoms with Crippen LogP contribution in [0.3, 0.4) is 0 Å². The number of rotatable bonds is 6. The SMILES string of the molecule is CCCN(CCN(C)C)c1nc(N)ncc1Br. The molecule has 6 heteroatoms. The minimum atomic E-state index is 0.314. The van der Waals surface area contributed by atoms with Gasteiger partial charge in [-0.3, -0.25) is 0 Å². The second-order valence-electron chi connectivity index (χ2n) is 4.19. The van der Waals surface area contributed by atoms with Crippen molar-refractivity contribution in [2.75, 3.05) is 44.4 Å². The summed E-state index contributed by atoms with van der Waals surface area (Å²) in [5, 5.41) is 0. The molecule has 1 rings (SSSR count). The predicted octanol–water partition coefficient (Wildman–Crippen LogP) is 1.60. The molecule has 17 heavy (non-hydrogen) atoms. The number of nitrogens with zero attached hydrogens (tertiary/aromatic N) is 4. The molecule has 0 saturated heterocycles. The number of hydrogen-bond acceptors (Lipinski definition) is 5. The van der Waals surface area contributed by atoms with Gasteiger partial charge in [0, 0.05) is 25.8 Å². The largest absolute Gasteiger partial charge is 0.368 e. The Kier molecular flexibility index (Phi) is 5.64. The zero-order chi connectivity index (χ0) is 12.8. The molecule has 0 fully saturated rings. The van der Waals surface area contributed by atoms with Crippen LogP contribution in [0.2, 0.25) is 0 Å². The maximum absolute atomic E-state index is 5.64. The maximum atomic E-state index is 5.64. The highest BCUT2D eigenvalue weighted by Gasteiger charge is 2.12. The van der Waals surface area contributed by atoms with Crippen molar-refractivity contribution in [3.63, 3.8) is 0 Å². The standard InChI is InChI=1S/C11H20BrN5/c1-4-5-17(7-6-16(2)3)10-9(12)8-14-11(13)15-10/h8H,4-7H2,1-3H3,(H2,13,14,15). The number of nitrogen functional groups attached to an aromatic ring is 1. The average molecular weight is 302 g/mol. The Balaban J connectivity index is 2.84. The molecular formula is C11H20BrN5. The van der Waals surface area contributed by atoms with E-state index in [1.807, 2.05) is 0 Å². The molecule has 0 saturated carbocycles. The third-order valence-corrected chi connectivity index (χ3v) is 2.91. The normalized spacial score (nSPS) is 10.9. The molecule has 1 heterocycles. The topological polar surface area (TPSA) is 58.3 Å². The molecular weight excluding hydrogens is 282 g/mol. The van der Waals surface area contributed by atoms with Crippen LogP contribution >= 0.6 is 15.9 Å². The summed E-state index contributed by atoms with van der Waals surface area (Å²) in [5.41, 5.74) is 5.64. The van der Waals surface area contributed by atoms with Gasteiger partial charge >= 0.3 is 0 Å². The van der Waals surface area contributed by atoms with Crippen molar-refractivity contribution >= 4 is 27.7 Å². The summed E-state index contributed by atoms with van der Waals surface area (Å²) in [4.78, 5) is 12.6. The molecule has 1 aromatic rings. The third kappa shape index (κ3) is 4.47. The van der Waals surface area contributed by atoms with Crippen molar-refractivity contribution in [1.82, 2.24) is 14.9 Å². The van der Waals surface area contributed by atoms with Crippen LogP contribution in [-0.4, -0.2) is 48.6 Å². The summed E-state index contributed by atoms with van der Waals surface area (Å²) in [5.74, 6) is 1.19. The van der Waals surface area contributed by atoms with E-state index in [2.05, 4.69) is 56.7 Å². The fourth-order valence-corrected chi connectivity index (χ4v) is 1.95. The van der Waals surface area contributed by atoms with Crippen molar-refractivity contribution in [2.24, 2.45) is 0 Å². The van der Waals surface area contributed by atoms with Crippen LogP contribution in [0.4, 0.5) is 11.8 Å². The van der Waals surface area contributed by atoms with E-state index in [9.17, 15) is 0 Å². The quantitative estimate of drug-likeness (QED) is 0.865. The first-order valence-corrected chi connectivity index (χ1v) is 6.51. The number of nitrogens with two attached hydrogens (primary N) is 1. The van der Waals surface area contributed by atoms with E-state index in [1.54, 1.807) is 6.20 Å². The molecule has 2 N–H and O–H groups in total. The van der Waals surface area contributed by atoms with Gasteiger partial charge < -0.3 is 15.5 Å². The minimum absolute atomic E-state index is 0.314. The second-order valence-corrected chi connectivity index (χ2v) is 5.04. The van der Waals surface area contributed by atoms with Crippen LogP contribution in [0.5, 0.6) is 0 Å². The van der Waals surface area contributed by atoms with Gasteiger partial charge in [-0.1, -0.05) is 6.92 Å². The monoisotopic (exact) mass is 301 g/mol. The molecule has 0 radical (unpaired) electrons. The van der Waals surface area contributed by atoms with Crippen molar-refractivity contribution < 1.29 is 0 Å². The number of aromatic nitrogens is 2. The van der Waals surface area contributed by atoms with E-state index >= 15 is 0 Å². The van der Waals surface area contributed by atoms with Crippen molar-refractivity contribution in [1.29, 1.82) is 0 Å². The lowest BCUT2D eigenvalue weighted by Gasteiger charge is -2.25. The van der Waals surface area contributed by atoms with Crippen LogP contribution in [-0.2, 0) is 0 Å². The smallest absolute Gasteiger partial charge is 0.222 e. The predicted molar refractivity (Wildman–Crippen MR) is 75.2 cm³/mol. The lowest BCUT2D eigenvalue weighted by Crippen LogP contribution is -2.33. The first kappa shape index (κ1) is 14.2. The van der Waals surface area contributed by atoms with Gasteiger partial charge in [0.2, 0.25) is 5.95 Å². The van der Waals surface area contributed by atoms with Crippen LogP contribution in [0.25, 0.3) is 0 Å². The summed E-state index contributed by atoms with van der Waals surface area (Å²) in [6.45, 7) is 5.02. The van der Waals surface area contributed by atoms with Gasteiger partial charge in [-0.15, -0.1) is 0 Å². The lowest BCUT2D eigenvalue weighted by molar-refractivity contribution is 0.412. The first-order chi connectivity index (χ1) is 8.04. The zero-order valence-electron chi connectivity index (χ0n) is 10.6. The Hall–Kier alpha value is -0.880. The van der Waals surface area contributed by atoms with E-state index in [0.717, 1.165) is 36.3 Å². The Morgan fingerprint density at radius 2 is 2.00 bits per heavy atom. The van der Waals surface area contributed by atoms with E-state index in [0.29, 0.717) is 5.95 Å². The molecule has 0 aliphatic heterocycles. The fraction of sp³-hybridized carbons (Fsp3) is 0.636. The molecule has 96 valence electrons. The molecule has 0 aliphatic rings. The van der Waals surface area contributed by atoms with Gasteiger partial charge in [-0.05, 0) is 36.4 Å².